The molecule has 0 radical (unpaired) electrons. The van der Waals surface area contributed by atoms with E-state index in [0.29, 0.717) is 0 Å². The zero-order valence-corrected chi connectivity index (χ0v) is 17.5. The summed E-state index contributed by atoms with van der Waals surface area (Å²) < 4.78 is 5.56. The SMILES string of the molecule is COc1cccc2cc3c(ccc4nc5c(ccc6cc7ccccc7cc65)nc43)cc12. The second-order valence-corrected chi connectivity index (χ2v) is 8.27. The summed E-state index contributed by atoms with van der Waals surface area (Å²) in [7, 11) is 1.71. The minimum absolute atomic E-state index is 0.882. The molecule has 0 fully saturated rings. The summed E-state index contributed by atoms with van der Waals surface area (Å²) in [5.74, 6) is 0.882. The van der Waals surface area contributed by atoms with Gasteiger partial charge in [0.15, 0.2) is 0 Å². The number of rotatable bonds is 1. The van der Waals surface area contributed by atoms with Gasteiger partial charge in [-0.3, -0.25) is 0 Å². The van der Waals surface area contributed by atoms with Gasteiger partial charge in [-0.15, -0.1) is 0 Å². The Morgan fingerprint density at radius 2 is 1.03 bits per heavy atom. The van der Waals surface area contributed by atoms with Crippen LogP contribution in [0.4, 0.5) is 0 Å². The third-order valence-electron chi connectivity index (χ3n) is 6.45. The lowest BCUT2D eigenvalue weighted by Crippen LogP contribution is -1.91. The van der Waals surface area contributed by atoms with Crippen LogP contribution in [-0.2, 0) is 0 Å². The van der Waals surface area contributed by atoms with Crippen molar-refractivity contribution in [3.05, 3.63) is 91.0 Å². The van der Waals surface area contributed by atoms with Crippen LogP contribution in [0, 0.1) is 0 Å². The van der Waals surface area contributed by atoms with Crippen LogP contribution in [0.5, 0.6) is 5.75 Å². The predicted octanol–water partition coefficient (Wildman–Crippen LogP) is 7.40. The molecular weight excluding hydrogens is 392 g/mol. The molecule has 0 aliphatic carbocycles. The molecular formula is C29H18N2O. The molecule has 7 aromatic rings. The van der Waals surface area contributed by atoms with Gasteiger partial charge in [0.2, 0.25) is 0 Å². The number of methoxy groups -OCH3 is 1. The quantitative estimate of drug-likeness (QED) is 0.209. The number of benzene rings is 6. The Labute approximate surface area is 183 Å². The van der Waals surface area contributed by atoms with E-state index in [1.165, 1.54) is 16.2 Å². The van der Waals surface area contributed by atoms with E-state index in [1.54, 1.807) is 7.11 Å². The predicted molar refractivity (Wildman–Crippen MR) is 134 cm³/mol. The van der Waals surface area contributed by atoms with E-state index in [2.05, 4.69) is 78.9 Å². The van der Waals surface area contributed by atoms with Crippen LogP contribution < -0.4 is 4.74 Å². The number of hydrogen-bond acceptors (Lipinski definition) is 3. The van der Waals surface area contributed by atoms with E-state index >= 15 is 0 Å². The zero-order valence-electron chi connectivity index (χ0n) is 17.5. The third-order valence-corrected chi connectivity index (χ3v) is 6.45. The smallest absolute Gasteiger partial charge is 0.126 e. The summed E-state index contributed by atoms with van der Waals surface area (Å²) in [6, 6.07) is 31.9. The van der Waals surface area contributed by atoms with Crippen molar-refractivity contribution in [2.75, 3.05) is 7.11 Å². The lowest BCUT2D eigenvalue weighted by atomic mass is 10.0. The highest BCUT2D eigenvalue weighted by Gasteiger charge is 2.11. The topological polar surface area (TPSA) is 35.0 Å². The Morgan fingerprint density at radius 1 is 0.500 bits per heavy atom. The Morgan fingerprint density at radius 3 is 1.72 bits per heavy atom. The summed E-state index contributed by atoms with van der Waals surface area (Å²) in [5, 5.41) is 9.26. The molecule has 150 valence electrons. The average Bonchev–Trinajstić information content (AvgIpc) is 2.85. The van der Waals surface area contributed by atoms with Gasteiger partial charge in [0, 0.05) is 16.2 Å². The fraction of sp³-hybridized carbons (Fsp3) is 0.0345. The summed E-state index contributed by atoms with van der Waals surface area (Å²) in [5.41, 5.74) is 3.70. The summed E-state index contributed by atoms with van der Waals surface area (Å²) in [6.07, 6.45) is 0. The van der Waals surface area contributed by atoms with Crippen molar-refractivity contribution in [3.8, 4) is 5.75 Å². The van der Waals surface area contributed by atoms with Crippen LogP contribution >= 0.6 is 0 Å². The van der Waals surface area contributed by atoms with Crippen molar-refractivity contribution in [2.45, 2.75) is 0 Å². The van der Waals surface area contributed by atoms with Crippen molar-refractivity contribution in [3.63, 3.8) is 0 Å². The molecule has 1 heterocycles. The first-order chi connectivity index (χ1) is 15.8. The molecule has 3 heteroatoms. The average molecular weight is 410 g/mol. The van der Waals surface area contributed by atoms with Gasteiger partial charge in [0.05, 0.1) is 29.2 Å². The van der Waals surface area contributed by atoms with Crippen molar-refractivity contribution in [2.24, 2.45) is 0 Å². The van der Waals surface area contributed by atoms with Crippen molar-refractivity contribution in [1.82, 2.24) is 9.97 Å². The van der Waals surface area contributed by atoms with Gasteiger partial charge in [-0.05, 0) is 69.4 Å². The van der Waals surface area contributed by atoms with E-state index in [0.717, 1.165) is 54.7 Å². The molecule has 6 aromatic carbocycles. The van der Waals surface area contributed by atoms with Crippen LogP contribution in [0.1, 0.15) is 0 Å². The summed E-state index contributed by atoms with van der Waals surface area (Å²) in [6.45, 7) is 0. The minimum atomic E-state index is 0.882. The first-order valence-electron chi connectivity index (χ1n) is 10.7. The molecule has 0 aliphatic rings. The molecule has 0 atom stereocenters. The normalized spacial score (nSPS) is 11.9. The molecule has 32 heavy (non-hydrogen) atoms. The standard InChI is InChI=1S/C29H18N2O/c1-32-27-8-4-7-19-16-24-21(15-22(19)27)10-12-26-29(24)31-25-11-9-20-13-17-5-2-3-6-18(17)14-23(20)28(25)30-26/h2-16H,1H3. The number of ether oxygens (including phenoxy) is 1. The molecule has 0 amide bonds. The maximum absolute atomic E-state index is 5.56. The van der Waals surface area contributed by atoms with Crippen molar-refractivity contribution < 1.29 is 4.74 Å². The van der Waals surface area contributed by atoms with Crippen LogP contribution in [0.2, 0.25) is 0 Å². The van der Waals surface area contributed by atoms with Crippen LogP contribution in [-0.4, -0.2) is 17.1 Å². The first kappa shape index (κ1) is 17.4. The van der Waals surface area contributed by atoms with Gasteiger partial charge in [-0.25, -0.2) is 9.97 Å². The first-order valence-corrected chi connectivity index (χ1v) is 10.7. The van der Waals surface area contributed by atoms with Gasteiger partial charge in [-0.2, -0.15) is 0 Å². The number of aromatic nitrogens is 2. The second-order valence-electron chi connectivity index (χ2n) is 8.27. The van der Waals surface area contributed by atoms with Crippen LogP contribution in [0.3, 0.4) is 0 Å². The molecule has 0 N–H and O–H groups in total. The van der Waals surface area contributed by atoms with Gasteiger partial charge in [-0.1, -0.05) is 48.5 Å². The highest BCUT2D eigenvalue weighted by molar-refractivity contribution is 6.15. The van der Waals surface area contributed by atoms with E-state index in [1.807, 2.05) is 12.1 Å². The molecule has 1 aromatic heterocycles. The van der Waals surface area contributed by atoms with Gasteiger partial charge in [0.1, 0.15) is 5.75 Å². The zero-order chi connectivity index (χ0) is 21.2. The molecule has 0 spiro atoms. The van der Waals surface area contributed by atoms with E-state index in [9.17, 15) is 0 Å². The van der Waals surface area contributed by atoms with Gasteiger partial charge < -0.3 is 4.74 Å². The largest absolute Gasteiger partial charge is 0.496 e. The Bertz CT molecular complexity index is 1870. The Balaban J connectivity index is 1.58. The van der Waals surface area contributed by atoms with Gasteiger partial charge in [0.25, 0.3) is 0 Å². The Kier molecular flexibility index (Phi) is 3.48. The number of nitrogens with zero attached hydrogens (tertiary/aromatic N) is 2. The molecule has 0 aliphatic heterocycles. The highest BCUT2D eigenvalue weighted by atomic mass is 16.5. The fourth-order valence-electron chi connectivity index (χ4n) is 4.86. The monoisotopic (exact) mass is 410 g/mol. The molecule has 0 saturated carbocycles. The Hall–Kier alpha value is -4.24. The van der Waals surface area contributed by atoms with Crippen molar-refractivity contribution in [1.29, 1.82) is 0 Å². The lowest BCUT2D eigenvalue weighted by molar-refractivity contribution is 0.420. The van der Waals surface area contributed by atoms with Gasteiger partial charge >= 0.3 is 0 Å². The van der Waals surface area contributed by atoms with Crippen LogP contribution in [0.25, 0.3) is 65.2 Å². The number of fused-ring (bicyclic) bond motifs is 8. The molecule has 0 bridgehead atoms. The van der Waals surface area contributed by atoms with E-state index < -0.39 is 0 Å². The third kappa shape index (κ3) is 2.42. The lowest BCUT2D eigenvalue weighted by Gasteiger charge is -2.10. The number of hydrogen-bond donors (Lipinski definition) is 0. The maximum Gasteiger partial charge on any atom is 0.126 e. The highest BCUT2D eigenvalue weighted by Crippen LogP contribution is 2.34. The summed E-state index contributed by atoms with van der Waals surface area (Å²) >= 11 is 0. The molecule has 0 saturated heterocycles. The van der Waals surface area contributed by atoms with E-state index in [-0.39, 0.29) is 0 Å². The second kappa shape index (κ2) is 6.38. The molecule has 3 nitrogen and oxygen atoms in total. The van der Waals surface area contributed by atoms with Crippen molar-refractivity contribution >= 4 is 65.2 Å². The maximum atomic E-state index is 5.56. The fourth-order valence-corrected chi connectivity index (χ4v) is 4.86. The molecule has 7 rings (SSSR count). The summed E-state index contributed by atoms with van der Waals surface area (Å²) in [4.78, 5) is 10.2. The molecule has 0 unspecified atom stereocenters. The minimum Gasteiger partial charge on any atom is -0.496 e. The van der Waals surface area contributed by atoms with Crippen LogP contribution in [0.15, 0.2) is 91.0 Å². The van der Waals surface area contributed by atoms with E-state index in [4.69, 9.17) is 14.7 Å².